The molecule has 0 saturated carbocycles. The zero-order valence-corrected chi connectivity index (χ0v) is 12.6. The van der Waals surface area contributed by atoms with Gasteiger partial charge >= 0.3 is 0 Å². The smallest absolute Gasteiger partial charge is 0.213 e. The maximum atomic E-state index is 6.20. The van der Waals surface area contributed by atoms with Crippen LogP contribution in [0.3, 0.4) is 0 Å². The number of nitrogens with zero attached hydrogens (tertiary/aromatic N) is 2. The summed E-state index contributed by atoms with van der Waals surface area (Å²) in [7, 11) is 0. The first kappa shape index (κ1) is 14.8. The summed E-state index contributed by atoms with van der Waals surface area (Å²) in [6.45, 7) is 7.36. The average Bonchev–Trinajstić information content (AvgIpc) is 2.87. The molecule has 0 fully saturated rings. The molecule has 1 aromatic heterocycles. The van der Waals surface area contributed by atoms with Crippen LogP contribution in [0.5, 0.6) is 5.75 Å². The molecule has 20 heavy (non-hydrogen) atoms. The molecule has 1 heterocycles. The zero-order chi connectivity index (χ0) is 14.6. The fourth-order valence-corrected chi connectivity index (χ4v) is 1.79. The maximum Gasteiger partial charge on any atom is 0.213 e. The Morgan fingerprint density at radius 3 is 2.75 bits per heavy atom. The largest absolute Gasteiger partial charge is 0.484 e. The topological polar surface area (TPSA) is 60.2 Å². The van der Waals surface area contributed by atoms with Gasteiger partial charge in [-0.15, -0.1) is 0 Å². The van der Waals surface area contributed by atoms with Crippen LogP contribution >= 0.6 is 11.6 Å². The van der Waals surface area contributed by atoms with Crippen molar-refractivity contribution in [3.05, 3.63) is 41.0 Å². The highest BCUT2D eigenvalue weighted by Gasteiger charge is 2.10. The molecular weight excluding hydrogens is 278 g/mol. The van der Waals surface area contributed by atoms with E-state index >= 15 is 0 Å². The fraction of sp³-hybridized carbons (Fsp3) is 0.429. The van der Waals surface area contributed by atoms with E-state index in [9.17, 15) is 0 Å². The first-order valence-corrected chi connectivity index (χ1v) is 6.73. The lowest BCUT2D eigenvalue weighted by atomic mass is 10.1. The van der Waals surface area contributed by atoms with Gasteiger partial charge in [-0.25, -0.2) is 0 Å². The Bertz CT molecular complexity index is 550. The number of hydrogen-bond acceptors (Lipinski definition) is 5. The number of rotatable bonds is 5. The van der Waals surface area contributed by atoms with Gasteiger partial charge in [0.25, 0.3) is 0 Å². The van der Waals surface area contributed by atoms with E-state index in [1.165, 1.54) is 6.39 Å². The predicted octanol–water partition coefficient (Wildman–Crippen LogP) is 3.19. The highest BCUT2D eigenvalue weighted by molar-refractivity contribution is 6.32. The van der Waals surface area contributed by atoms with E-state index in [-0.39, 0.29) is 12.1 Å². The highest BCUT2D eigenvalue weighted by Crippen LogP contribution is 2.26. The van der Waals surface area contributed by atoms with E-state index in [1.807, 2.05) is 18.2 Å². The number of halogens is 1. The summed E-state index contributed by atoms with van der Waals surface area (Å²) in [5, 5.41) is 7.65. The van der Waals surface area contributed by atoms with Gasteiger partial charge in [0.15, 0.2) is 6.61 Å². The van der Waals surface area contributed by atoms with E-state index in [1.54, 1.807) is 0 Å². The summed E-state index contributed by atoms with van der Waals surface area (Å²) in [4.78, 5) is 3.88. The van der Waals surface area contributed by atoms with Crippen LogP contribution < -0.4 is 10.1 Å². The van der Waals surface area contributed by atoms with Crippen LogP contribution in [-0.2, 0) is 13.2 Å². The van der Waals surface area contributed by atoms with Crippen molar-refractivity contribution in [1.82, 2.24) is 15.5 Å². The Kier molecular flexibility index (Phi) is 4.62. The van der Waals surface area contributed by atoms with Gasteiger partial charge in [0.05, 0.1) is 5.02 Å². The van der Waals surface area contributed by atoms with E-state index in [4.69, 9.17) is 16.3 Å². The van der Waals surface area contributed by atoms with Gasteiger partial charge in [-0.3, -0.25) is 0 Å². The molecule has 6 heteroatoms. The lowest BCUT2D eigenvalue weighted by Gasteiger charge is -2.20. The molecule has 0 unspecified atom stereocenters. The third kappa shape index (κ3) is 4.51. The molecule has 0 aliphatic carbocycles. The predicted molar refractivity (Wildman–Crippen MR) is 76.7 cm³/mol. The third-order valence-electron chi connectivity index (χ3n) is 2.58. The molecule has 0 aliphatic heterocycles. The molecule has 5 nitrogen and oxygen atoms in total. The van der Waals surface area contributed by atoms with Crippen molar-refractivity contribution in [2.45, 2.75) is 39.5 Å². The zero-order valence-electron chi connectivity index (χ0n) is 11.8. The Hall–Kier alpha value is -1.59. The van der Waals surface area contributed by atoms with E-state index in [2.05, 4.69) is 40.8 Å². The quantitative estimate of drug-likeness (QED) is 0.918. The molecule has 0 atom stereocenters. The van der Waals surface area contributed by atoms with E-state index in [0.717, 1.165) is 12.1 Å². The molecule has 0 aliphatic rings. The molecule has 2 rings (SSSR count). The van der Waals surface area contributed by atoms with Gasteiger partial charge < -0.3 is 14.6 Å². The third-order valence-corrected chi connectivity index (χ3v) is 2.88. The second-order valence-corrected chi connectivity index (χ2v) is 5.91. The summed E-state index contributed by atoms with van der Waals surface area (Å²) in [6.07, 6.45) is 1.27. The standard InChI is InChI=1S/C14H18ClN3O2/c1-14(2,3)17-7-10-4-5-12(11(15)6-10)19-8-13-16-9-20-18-13/h4-6,9,17H,7-8H2,1-3H3. The number of nitrogens with one attached hydrogen (secondary N) is 1. The van der Waals surface area contributed by atoms with Gasteiger partial charge in [-0.1, -0.05) is 22.8 Å². The van der Waals surface area contributed by atoms with Crippen molar-refractivity contribution in [2.75, 3.05) is 0 Å². The van der Waals surface area contributed by atoms with Crippen LogP contribution in [0.2, 0.25) is 5.02 Å². The second-order valence-electron chi connectivity index (χ2n) is 5.50. The minimum atomic E-state index is 0.0697. The molecule has 0 saturated heterocycles. The van der Waals surface area contributed by atoms with Crippen molar-refractivity contribution in [3.8, 4) is 5.75 Å². The van der Waals surface area contributed by atoms with E-state index in [0.29, 0.717) is 16.6 Å². The minimum absolute atomic E-state index is 0.0697. The summed E-state index contributed by atoms with van der Waals surface area (Å²) in [6, 6.07) is 5.73. The first-order chi connectivity index (χ1) is 9.44. The van der Waals surface area contributed by atoms with Gasteiger partial charge in [0, 0.05) is 12.1 Å². The number of ether oxygens (including phenoxy) is 1. The maximum absolute atomic E-state index is 6.20. The molecule has 0 bridgehead atoms. The Balaban J connectivity index is 1.95. The molecule has 0 spiro atoms. The molecule has 108 valence electrons. The van der Waals surface area contributed by atoms with Gasteiger partial charge in [-0.2, -0.15) is 4.98 Å². The molecule has 1 aromatic carbocycles. The summed E-state index contributed by atoms with van der Waals surface area (Å²) in [5.41, 5.74) is 1.18. The summed E-state index contributed by atoms with van der Waals surface area (Å²) >= 11 is 6.20. The van der Waals surface area contributed by atoms with Crippen molar-refractivity contribution in [2.24, 2.45) is 0 Å². The number of aromatic nitrogens is 2. The SMILES string of the molecule is CC(C)(C)NCc1ccc(OCc2ncon2)c(Cl)c1. The van der Waals surface area contributed by atoms with Crippen molar-refractivity contribution < 1.29 is 9.26 Å². The average molecular weight is 296 g/mol. The van der Waals surface area contributed by atoms with Crippen molar-refractivity contribution >= 4 is 11.6 Å². The summed E-state index contributed by atoms with van der Waals surface area (Å²) < 4.78 is 10.2. The summed E-state index contributed by atoms with van der Waals surface area (Å²) in [5.74, 6) is 1.09. The monoisotopic (exact) mass is 295 g/mol. The molecule has 2 aromatic rings. The molecule has 1 N–H and O–H groups in total. The van der Waals surface area contributed by atoms with Crippen LogP contribution in [0.1, 0.15) is 32.2 Å². The second kappa shape index (κ2) is 6.24. The van der Waals surface area contributed by atoms with Crippen LogP contribution in [0.4, 0.5) is 0 Å². The first-order valence-electron chi connectivity index (χ1n) is 6.35. The molecule has 0 amide bonds. The normalized spacial score (nSPS) is 11.6. The van der Waals surface area contributed by atoms with Crippen LogP contribution in [0.15, 0.2) is 29.1 Å². The van der Waals surface area contributed by atoms with E-state index < -0.39 is 0 Å². The molecular formula is C14H18ClN3O2. The van der Waals surface area contributed by atoms with Crippen LogP contribution in [0.25, 0.3) is 0 Å². The Morgan fingerprint density at radius 2 is 2.15 bits per heavy atom. The van der Waals surface area contributed by atoms with Gasteiger partial charge in [0.2, 0.25) is 12.2 Å². The van der Waals surface area contributed by atoms with Crippen molar-refractivity contribution in [3.63, 3.8) is 0 Å². The Labute approximate surface area is 123 Å². The highest BCUT2D eigenvalue weighted by atomic mass is 35.5. The van der Waals surface area contributed by atoms with Crippen molar-refractivity contribution in [1.29, 1.82) is 0 Å². The lowest BCUT2D eigenvalue weighted by Crippen LogP contribution is -2.35. The van der Waals surface area contributed by atoms with Gasteiger partial charge in [-0.05, 0) is 38.5 Å². The lowest BCUT2D eigenvalue weighted by molar-refractivity contribution is 0.286. The van der Waals surface area contributed by atoms with Crippen LogP contribution in [-0.4, -0.2) is 15.7 Å². The number of benzene rings is 1. The molecule has 0 radical (unpaired) electrons. The van der Waals surface area contributed by atoms with Gasteiger partial charge in [0.1, 0.15) is 5.75 Å². The fourth-order valence-electron chi connectivity index (χ4n) is 1.54. The number of hydrogen-bond donors (Lipinski definition) is 1. The van der Waals surface area contributed by atoms with Crippen LogP contribution in [0, 0.1) is 0 Å². The minimum Gasteiger partial charge on any atom is -0.484 e. The Morgan fingerprint density at radius 1 is 1.35 bits per heavy atom.